The molecule has 1 aromatic carbocycles. The van der Waals surface area contributed by atoms with Crippen LogP contribution in [0.3, 0.4) is 0 Å². The first kappa shape index (κ1) is 13.8. The van der Waals surface area contributed by atoms with Crippen molar-refractivity contribution in [2.75, 3.05) is 32.1 Å². The van der Waals surface area contributed by atoms with Crippen LogP contribution >= 0.6 is 0 Å². The third-order valence-corrected chi connectivity index (χ3v) is 3.39. The van der Waals surface area contributed by atoms with Gasteiger partial charge in [-0.05, 0) is 31.2 Å². The summed E-state index contributed by atoms with van der Waals surface area (Å²) in [5.41, 5.74) is 1.63. The van der Waals surface area contributed by atoms with E-state index < -0.39 is 0 Å². The van der Waals surface area contributed by atoms with Crippen LogP contribution in [0.15, 0.2) is 24.3 Å². The highest BCUT2D eigenvalue weighted by molar-refractivity contribution is 5.94. The van der Waals surface area contributed by atoms with Crippen molar-refractivity contribution < 1.29 is 14.6 Å². The van der Waals surface area contributed by atoms with Crippen LogP contribution < -0.4 is 5.32 Å². The molecule has 2 N–H and O–H groups in total. The van der Waals surface area contributed by atoms with Crippen LogP contribution in [0.4, 0.5) is 5.69 Å². The van der Waals surface area contributed by atoms with Crippen LogP contribution in [0.25, 0.3) is 0 Å². The zero-order valence-corrected chi connectivity index (χ0v) is 11.3. The maximum Gasteiger partial charge on any atom is 0.254 e. The standard InChI is InChI=1S/C14H20N2O3/c1-10-9-19-13(8-17)7-16(10)14(18)11-3-5-12(15-2)6-4-11/h3-6,10,13,15,17H,7-9H2,1-2H3. The summed E-state index contributed by atoms with van der Waals surface area (Å²) in [6, 6.07) is 7.40. The van der Waals surface area contributed by atoms with Crippen molar-refractivity contribution in [2.45, 2.75) is 19.1 Å². The highest BCUT2D eigenvalue weighted by Gasteiger charge is 2.29. The third-order valence-electron chi connectivity index (χ3n) is 3.39. The average Bonchev–Trinajstić information content (AvgIpc) is 2.47. The van der Waals surface area contributed by atoms with Gasteiger partial charge in [0, 0.05) is 24.8 Å². The zero-order valence-electron chi connectivity index (χ0n) is 11.3. The minimum absolute atomic E-state index is 0.0168. The summed E-state index contributed by atoms with van der Waals surface area (Å²) in [4.78, 5) is 14.2. The fourth-order valence-electron chi connectivity index (χ4n) is 2.16. The summed E-state index contributed by atoms with van der Waals surface area (Å²) in [6.45, 7) is 2.79. The van der Waals surface area contributed by atoms with E-state index in [2.05, 4.69) is 5.32 Å². The molecule has 0 radical (unpaired) electrons. The van der Waals surface area contributed by atoms with Crippen molar-refractivity contribution >= 4 is 11.6 Å². The maximum absolute atomic E-state index is 12.4. The summed E-state index contributed by atoms with van der Waals surface area (Å²) >= 11 is 0. The van der Waals surface area contributed by atoms with E-state index in [4.69, 9.17) is 9.84 Å². The van der Waals surface area contributed by atoms with Gasteiger partial charge in [-0.1, -0.05) is 0 Å². The van der Waals surface area contributed by atoms with Gasteiger partial charge in [-0.2, -0.15) is 0 Å². The summed E-state index contributed by atoms with van der Waals surface area (Å²) in [5.74, 6) is -0.0168. The number of ether oxygens (including phenoxy) is 1. The first-order valence-corrected chi connectivity index (χ1v) is 6.47. The molecule has 1 heterocycles. The van der Waals surface area contributed by atoms with Gasteiger partial charge in [0.2, 0.25) is 0 Å². The van der Waals surface area contributed by atoms with E-state index in [0.29, 0.717) is 18.7 Å². The first-order chi connectivity index (χ1) is 9.15. The summed E-state index contributed by atoms with van der Waals surface area (Å²) in [7, 11) is 1.84. The lowest BCUT2D eigenvalue weighted by Gasteiger charge is -2.37. The molecule has 1 aromatic rings. The second-order valence-corrected chi connectivity index (χ2v) is 4.77. The molecule has 2 atom stereocenters. The Morgan fingerprint density at radius 2 is 2.16 bits per heavy atom. The van der Waals surface area contributed by atoms with Crippen LogP contribution in [0, 0.1) is 0 Å². The monoisotopic (exact) mass is 264 g/mol. The fraction of sp³-hybridized carbons (Fsp3) is 0.500. The quantitative estimate of drug-likeness (QED) is 0.853. The van der Waals surface area contributed by atoms with Crippen molar-refractivity contribution in [2.24, 2.45) is 0 Å². The second kappa shape index (κ2) is 6.04. The van der Waals surface area contributed by atoms with Crippen molar-refractivity contribution in [3.63, 3.8) is 0 Å². The van der Waals surface area contributed by atoms with E-state index in [1.54, 1.807) is 4.90 Å². The van der Waals surface area contributed by atoms with Gasteiger partial charge in [0.25, 0.3) is 5.91 Å². The minimum atomic E-state index is -0.281. The van der Waals surface area contributed by atoms with Crippen molar-refractivity contribution in [3.05, 3.63) is 29.8 Å². The molecule has 0 aliphatic carbocycles. The molecule has 19 heavy (non-hydrogen) atoms. The molecule has 2 unspecified atom stereocenters. The van der Waals surface area contributed by atoms with Crippen LogP contribution in [0.2, 0.25) is 0 Å². The Bertz CT molecular complexity index is 433. The van der Waals surface area contributed by atoms with E-state index in [-0.39, 0.29) is 24.7 Å². The Morgan fingerprint density at radius 1 is 1.47 bits per heavy atom. The molecule has 104 valence electrons. The highest BCUT2D eigenvalue weighted by atomic mass is 16.5. The number of aliphatic hydroxyl groups excluding tert-OH is 1. The molecule has 1 amide bonds. The number of benzene rings is 1. The Balaban J connectivity index is 2.12. The van der Waals surface area contributed by atoms with Gasteiger partial charge < -0.3 is 20.1 Å². The normalized spacial score (nSPS) is 23.2. The number of hydrogen-bond acceptors (Lipinski definition) is 4. The molecular weight excluding hydrogens is 244 g/mol. The van der Waals surface area contributed by atoms with E-state index >= 15 is 0 Å². The number of amides is 1. The van der Waals surface area contributed by atoms with Gasteiger partial charge in [0.05, 0.1) is 25.4 Å². The summed E-state index contributed by atoms with van der Waals surface area (Å²) in [5, 5.41) is 12.2. The van der Waals surface area contributed by atoms with Crippen molar-refractivity contribution in [1.29, 1.82) is 0 Å². The lowest BCUT2D eigenvalue weighted by atomic mass is 10.1. The number of aliphatic hydroxyl groups is 1. The van der Waals surface area contributed by atoms with E-state index in [1.807, 2.05) is 38.2 Å². The molecule has 0 spiro atoms. The largest absolute Gasteiger partial charge is 0.394 e. The fourth-order valence-corrected chi connectivity index (χ4v) is 2.16. The summed E-state index contributed by atoms with van der Waals surface area (Å²) in [6.07, 6.45) is -0.281. The number of anilines is 1. The number of nitrogens with one attached hydrogen (secondary N) is 1. The Labute approximate surface area is 113 Å². The average molecular weight is 264 g/mol. The number of carbonyl (C=O) groups is 1. The Kier molecular flexibility index (Phi) is 4.39. The van der Waals surface area contributed by atoms with Crippen LogP contribution in [-0.2, 0) is 4.74 Å². The molecule has 1 aliphatic rings. The molecular formula is C14H20N2O3. The lowest BCUT2D eigenvalue weighted by Crippen LogP contribution is -2.52. The van der Waals surface area contributed by atoms with Crippen LogP contribution in [-0.4, -0.2) is 54.9 Å². The van der Waals surface area contributed by atoms with Crippen molar-refractivity contribution in [1.82, 2.24) is 4.90 Å². The third kappa shape index (κ3) is 3.05. The number of carbonyl (C=O) groups excluding carboxylic acids is 1. The Morgan fingerprint density at radius 3 is 2.74 bits per heavy atom. The zero-order chi connectivity index (χ0) is 13.8. The topological polar surface area (TPSA) is 61.8 Å². The molecule has 0 aromatic heterocycles. The molecule has 0 saturated carbocycles. The predicted octanol–water partition coefficient (Wildman–Crippen LogP) is 0.950. The molecule has 1 saturated heterocycles. The first-order valence-electron chi connectivity index (χ1n) is 6.47. The predicted molar refractivity (Wildman–Crippen MR) is 73.3 cm³/mol. The summed E-state index contributed by atoms with van der Waals surface area (Å²) < 4.78 is 5.44. The minimum Gasteiger partial charge on any atom is -0.394 e. The van der Waals surface area contributed by atoms with Crippen molar-refractivity contribution in [3.8, 4) is 0 Å². The smallest absolute Gasteiger partial charge is 0.254 e. The number of morpholine rings is 1. The van der Waals surface area contributed by atoms with Gasteiger partial charge in [0.1, 0.15) is 0 Å². The maximum atomic E-state index is 12.4. The lowest BCUT2D eigenvalue weighted by molar-refractivity contribution is -0.0667. The number of hydrogen-bond donors (Lipinski definition) is 2. The van der Waals surface area contributed by atoms with Crippen LogP contribution in [0.1, 0.15) is 17.3 Å². The van der Waals surface area contributed by atoms with E-state index in [9.17, 15) is 4.79 Å². The van der Waals surface area contributed by atoms with Gasteiger partial charge >= 0.3 is 0 Å². The number of rotatable bonds is 3. The van der Waals surface area contributed by atoms with Crippen LogP contribution in [0.5, 0.6) is 0 Å². The second-order valence-electron chi connectivity index (χ2n) is 4.77. The van der Waals surface area contributed by atoms with Gasteiger partial charge in [-0.15, -0.1) is 0 Å². The molecule has 5 heteroatoms. The highest BCUT2D eigenvalue weighted by Crippen LogP contribution is 2.17. The van der Waals surface area contributed by atoms with Gasteiger partial charge in [-0.25, -0.2) is 0 Å². The molecule has 1 aliphatic heterocycles. The molecule has 1 fully saturated rings. The van der Waals surface area contributed by atoms with E-state index in [0.717, 1.165) is 5.69 Å². The molecule has 2 rings (SSSR count). The van der Waals surface area contributed by atoms with Gasteiger partial charge in [0.15, 0.2) is 0 Å². The van der Waals surface area contributed by atoms with Gasteiger partial charge in [-0.3, -0.25) is 4.79 Å². The molecule has 5 nitrogen and oxygen atoms in total. The SMILES string of the molecule is CNc1ccc(C(=O)N2CC(CO)OCC2C)cc1. The van der Waals surface area contributed by atoms with E-state index in [1.165, 1.54) is 0 Å². The molecule has 0 bridgehead atoms. The number of nitrogens with zero attached hydrogens (tertiary/aromatic N) is 1. The Hall–Kier alpha value is -1.59.